The number of halogens is 1. The molecule has 1 aromatic heterocycles. The molecule has 0 aliphatic heterocycles. The maximum atomic E-state index is 12.5. The summed E-state index contributed by atoms with van der Waals surface area (Å²) in [5, 5.41) is 0.640. The van der Waals surface area contributed by atoms with Gasteiger partial charge in [0.15, 0.2) is 0 Å². The fourth-order valence-electron chi connectivity index (χ4n) is 2.28. The summed E-state index contributed by atoms with van der Waals surface area (Å²) in [6, 6.07) is 13.3. The molecule has 0 radical (unpaired) electrons. The van der Waals surface area contributed by atoms with E-state index < -0.39 is 16.7 Å². The van der Waals surface area contributed by atoms with Gasteiger partial charge in [-0.3, -0.25) is 9.59 Å². The van der Waals surface area contributed by atoms with E-state index in [1.807, 2.05) is 0 Å². The number of carbonyl (C=O) groups excluding carboxylic acids is 2. The molecule has 0 aliphatic rings. The lowest BCUT2D eigenvalue weighted by molar-refractivity contribution is -0.142. The molecule has 0 fully saturated rings. The van der Waals surface area contributed by atoms with E-state index in [4.69, 9.17) is 20.8 Å². The normalized spacial score (nSPS) is 10.7. The summed E-state index contributed by atoms with van der Waals surface area (Å²) in [5.41, 5.74) is 0.310. The van der Waals surface area contributed by atoms with Crippen molar-refractivity contribution in [2.75, 3.05) is 0 Å². The molecule has 0 unspecified atom stereocenters. The van der Waals surface area contributed by atoms with Gasteiger partial charge in [0.1, 0.15) is 17.8 Å². The minimum Gasteiger partial charge on any atom is -0.461 e. The first-order valence-corrected chi connectivity index (χ1v) is 8.80. The third-order valence-corrected chi connectivity index (χ3v) is 4.60. The summed E-state index contributed by atoms with van der Waals surface area (Å²) in [6.45, 7) is 1.43. The lowest BCUT2D eigenvalue weighted by Crippen LogP contribution is -2.11. The summed E-state index contributed by atoms with van der Waals surface area (Å²) >= 11 is 6.81. The van der Waals surface area contributed by atoms with Crippen LogP contribution in [0.1, 0.15) is 22.8 Å². The molecule has 0 saturated carbocycles. The number of hydrogen-bond donors (Lipinski definition) is 0. The van der Waals surface area contributed by atoms with Gasteiger partial charge >= 0.3 is 11.6 Å². The second-order valence-electron chi connectivity index (χ2n) is 5.45. The highest BCUT2D eigenvalue weighted by atomic mass is 35.5. The Labute approximate surface area is 157 Å². The van der Waals surface area contributed by atoms with Crippen molar-refractivity contribution in [2.24, 2.45) is 0 Å². The Morgan fingerprint density at radius 3 is 2.69 bits per heavy atom. The van der Waals surface area contributed by atoms with Crippen molar-refractivity contribution in [1.29, 1.82) is 0 Å². The molecule has 0 saturated heterocycles. The van der Waals surface area contributed by atoms with Crippen molar-refractivity contribution in [2.45, 2.75) is 18.4 Å². The minimum atomic E-state index is -0.704. The van der Waals surface area contributed by atoms with Crippen LogP contribution in [0.15, 0.2) is 62.6 Å². The van der Waals surface area contributed by atoms with Gasteiger partial charge < -0.3 is 9.15 Å². The van der Waals surface area contributed by atoms with Crippen LogP contribution in [-0.2, 0) is 16.1 Å². The number of fused-ring (bicyclic) bond motifs is 1. The standard InChI is InChI=1S/C19H13ClO5S/c1-11(21)24-10-12-5-6-17-13(7-12)8-16(18(22)25-17)19(23)26-15-4-2-3-14(20)9-15/h2-9H,10H2,1H3. The summed E-state index contributed by atoms with van der Waals surface area (Å²) in [7, 11) is 0. The highest BCUT2D eigenvalue weighted by Gasteiger charge is 2.16. The zero-order valence-electron chi connectivity index (χ0n) is 13.7. The first-order chi connectivity index (χ1) is 12.4. The first-order valence-electron chi connectivity index (χ1n) is 7.60. The zero-order chi connectivity index (χ0) is 18.7. The van der Waals surface area contributed by atoms with Gasteiger partial charge in [0.25, 0.3) is 0 Å². The fraction of sp³-hybridized carbons (Fsp3) is 0.105. The lowest BCUT2D eigenvalue weighted by atomic mass is 10.1. The maximum absolute atomic E-state index is 12.5. The molecule has 0 amide bonds. The van der Waals surface area contributed by atoms with Crippen molar-refractivity contribution in [3.05, 3.63) is 75.1 Å². The number of benzene rings is 2. The van der Waals surface area contributed by atoms with E-state index in [1.54, 1.807) is 42.5 Å². The average Bonchev–Trinajstić information content (AvgIpc) is 2.59. The van der Waals surface area contributed by atoms with E-state index in [9.17, 15) is 14.4 Å². The Kier molecular flexibility index (Phi) is 5.44. The number of thioether (sulfide) groups is 1. The Balaban J connectivity index is 1.91. The first kappa shape index (κ1) is 18.2. The molecule has 3 aromatic rings. The number of ether oxygens (including phenoxy) is 1. The fourth-order valence-corrected chi connectivity index (χ4v) is 3.34. The van der Waals surface area contributed by atoms with E-state index in [0.717, 1.165) is 17.3 Å². The quantitative estimate of drug-likeness (QED) is 0.373. The van der Waals surface area contributed by atoms with Crippen LogP contribution in [0.2, 0.25) is 5.02 Å². The SMILES string of the molecule is CC(=O)OCc1ccc2oc(=O)c(C(=O)Sc3cccc(Cl)c3)cc2c1. The second kappa shape index (κ2) is 7.76. The van der Waals surface area contributed by atoms with Crippen LogP contribution in [0.25, 0.3) is 11.0 Å². The Morgan fingerprint density at radius 2 is 1.96 bits per heavy atom. The lowest BCUT2D eigenvalue weighted by Gasteiger charge is -2.05. The molecule has 5 nitrogen and oxygen atoms in total. The van der Waals surface area contributed by atoms with Crippen LogP contribution in [0.4, 0.5) is 0 Å². The van der Waals surface area contributed by atoms with Gasteiger partial charge in [0, 0.05) is 22.2 Å². The molecule has 1 heterocycles. The van der Waals surface area contributed by atoms with E-state index in [2.05, 4.69) is 0 Å². The molecule has 0 aliphatic carbocycles. The Bertz CT molecular complexity index is 1060. The molecule has 0 spiro atoms. The third kappa shape index (κ3) is 4.33. The minimum absolute atomic E-state index is 0.0629. The predicted octanol–water partition coefficient (Wildman–Crippen LogP) is 4.44. The Morgan fingerprint density at radius 1 is 1.15 bits per heavy atom. The number of rotatable bonds is 4. The summed E-state index contributed by atoms with van der Waals surface area (Å²) in [4.78, 5) is 36.2. The van der Waals surface area contributed by atoms with E-state index in [-0.39, 0.29) is 12.2 Å². The maximum Gasteiger partial charge on any atom is 0.348 e. The van der Waals surface area contributed by atoms with Crippen LogP contribution < -0.4 is 5.63 Å². The number of esters is 1. The summed E-state index contributed by atoms with van der Waals surface area (Å²) in [5.74, 6) is -0.390. The van der Waals surface area contributed by atoms with Crippen molar-refractivity contribution in [1.82, 2.24) is 0 Å². The highest BCUT2D eigenvalue weighted by Crippen LogP contribution is 2.26. The smallest absolute Gasteiger partial charge is 0.348 e. The van der Waals surface area contributed by atoms with Gasteiger partial charge in [-0.2, -0.15) is 0 Å². The molecule has 3 rings (SSSR count). The monoisotopic (exact) mass is 388 g/mol. The van der Waals surface area contributed by atoms with Gasteiger partial charge in [-0.15, -0.1) is 0 Å². The van der Waals surface area contributed by atoms with E-state index in [1.165, 1.54) is 13.0 Å². The van der Waals surface area contributed by atoms with Crippen LogP contribution in [0, 0.1) is 0 Å². The second-order valence-corrected chi connectivity index (χ2v) is 6.93. The van der Waals surface area contributed by atoms with Gasteiger partial charge in [-0.1, -0.05) is 23.7 Å². The van der Waals surface area contributed by atoms with Crippen LogP contribution >= 0.6 is 23.4 Å². The van der Waals surface area contributed by atoms with Gasteiger partial charge in [-0.05, 0) is 53.7 Å². The van der Waals surface area contributed by atoms with Crippen molar-refractivity contribution in [3.8, 4) is 0 Å². The Hall–Kier alpha value is -2.57. The topological polar surface area (TPSA) is 73.6 Å². The summed E-state index contributed by atoms with van der Waals surface area (Å²) < 4.78 is 10.2. The number of carbonyl (C=O) groups is 2. The molecular weight excluding hydrogens is 376 g/mol. The van der Waals surface area contributed by atoms with Gasteiger partial charge in [-0.25, -0.2) is 4.79 Å². The highest BCUT2D eigenvalue weighted by molar-refractivity contribution is 8.14. The zero-order valence-corrected chi connectivity index (χ0v) is 15.2. The van der Waals surface area contributed by atoms with Gasteiger partial charge in [0.05, 0.1) is 0 Å². The molecule has 0 N–H and O–H groups in total. The van der Waals surface area contributed by atoms with Crippen LogP contribution in [0.5, 0.6) is 0 Å². The van der Waals surface area contributed by atoms with Crippen molar-refractivity contribution >= 4 is 45.4 Å². The van der Waals surface area contributed by atoms with Crippen LogP contribution in [0.3, 0.4) is 0 Å². The molecule has 2 aromatic carbocycles. The largest absolute Gasteiger partial charge is 0.461 e. The van der Waals surface area contributed by atoms with Gasteiger partial charge in [0.2, 0.25) is 5.12 Å². The van der Waals surface area contributed by atoms with Crippen molar-refractivity contribution < 1.29 is 18.7 Å². The molecule has 7 heteroatoms. The van der Waals surface area contributed by atoms with Crippen LogP contribution in [-0.4, -0.2) is 11.1 Å². The number of hydrogen-bond acceptors (Lipinski definition) is 6. The molecule has 0 bridgehead atoms. The molecule has 26 heavy (non-hydrogen) atoms. The van der Waals surface area contributed by atoms with E-state index >= 15 is 0 Å². The average molecular weight is 389 g/mol. The van der Waals surface area contributed by atoms with Crippen molar-refractivity contribution in [3.63, 3.8) is 0 Å². The predicted molar refractivity (Wildman–Crippen MR) is 99.6 cm³/mol. The molecular formula is C19H13ClO5S. The molecule has 132 valence electrons. The van der Waals surface area contributed by atoms with E-state index in [0.29, 0.717) is 20.9 Å². The third-order valence-electron chi connectivity index (χ3n) is 3.47. The molecule has 0 atom stereocenters. The summed E-state index contributed by atoms with van der Waals surface area (Å²) in [6.07, 6.45) is 0.